The summed E-state index contributed by atoms with van der Waals surface area (Å²) in [6.45, 7) is 6.63. The quantitative estimate of drug-likeness (QED) is 0.208. The molecule has 26 heavy (non-hydrogen) atoms. The highest BCUT2D eigenvalue weighted by atomic mass is 16.6. The highest BCUT2D eigenvalue weighted by Crippen LogP contribution is 2.10. The van der Waals surface area contributed by atoms with Gasteiger partial charge in [0.2, 0.25) is 0 Å². The third-order valence-corrected chi connectivity index (χ3v) is 4.53. The molecule has 0 fully saturated rings. The normalized spacial score (nSPS) is 12.0. The zero-order valence-electron chi connectivity index (χ0n) is 17.5. The topological polar surface area (TPSA) is 52.6 Å². The summed E-state index contributed by atoms with van der Waals surface area (Å²) < 4.78 is 10.5. The molecule has 154 valence electrons. The van der Waals surface area contributed by atoms with Gasteiger partial charge in [0.15, 0.2) is 0 Å². The van der Waals surface area contributed by atoms with Crippen molar-refractivity contribution in [3.05, 3.63) is 0 Å². The Balaban J connectivity index is 3.50. The van der Waals surface area contributed by atoms with Crippen LogP contribution in [0.5, 0.6) is 0 Å². The van der Waals surface area contributed by atoms with Gasteiger partial charge in [0.05, 0.1) is 13.0 Å². The van der Waals surface area contributed by atoms with Gasteiger partial charge in [0.1, 0.15) is 6.10 Å². The largest absolute Gasteiger partial charge is 0.466 e. The molecule has 0 spiro atoms. The molecule has 0 aliphatic carbocycles. The van der Waals surface area contributed by atoms with E-state index < -0.39 is 6.10 Å². The minimum Gasteiger partial charge on any atom is -0.466 e. The Morgan fingerprint density at radius 2 is 1.19 bits per heavy atom. The number of unbranched alkanes of at least 4 members (excludes halogenated alkanes) is 11. The molecule has 0 aromatic heterocycles. The molecule has 0 bridgehead atoms. The van der Waals surface area contributed by atoms with Crippen LogP contribution in [0.15, 0.2) is 0 Å². The Morgan fingerprint density at radius 1 is 0.692 bits per heavy atom. The van der Waals surface area contributed by atoms with Crippen LogP contribution in [0.3, 0.4) is 0 Å². The lowest BCUT2D eigenvalue weighted by atomic mass is 10.1. The standard InChI is InChI=1S/C22H42O4/c1-4-6-8-10-11-12-14-16-18-25-22(24)19-20(3)26-21(23)17-15-13-9-7-5-2/h20H,4-19H2,1-3H3/t20-/m0/s1. The lowest BCUT2D eigenvalue weighted by molar-refractivity contribution is -0.154. The maximum Gasteiger partial charge on any atom is 0.309 e. The molecule has 0 aromatic rings. The molecule has 0 N–H and O–H groups in total. The highest BCUT2D eigenvalue weighted by molar-refractivity contribution is 5.72. The van der Waals surface area contributed by atoms with E-state index in [2.05, 4.69) is 13.8 Å². The minimum absolute atomic E-state index is 0.151. The summed E-state index contributed by atoms with van der Waals surface area (Å²) in [6, 6.07) is 0. The van der Waals surface area contributed by atoms with Crippen LogP contribution < -0.4 is 0 Å². The summed E-state index contributed by atoms with van der Waals surface area (Å²) in [5.74, 6) is -0.471. The average Bonchev–Trinajstić information content (AvgIpc) is 2.60. The van der Waals surface area contributed by atoms with Gasteiger partial charge < -0.3 is 9.47 Å². The number of hydrogen-bond acceptors (Lipinski definition) is 4. The SMILES string of the molecule is CCCCCCCCCCOC(=O)C[C@H](C)OC(=O)CCCCCCC. The van der Waals surface area contributed by atoms with Gasteiger partial charge in [0, 0.05) is 6.42 Å². The molecule has 0 saturated heterocycles. The Bertz CT molecular complexity index is 341. The zero-order valence-corrected chi connectivity index (χ0v) is 17.5. The molecule has 0 aliphatic rings. The van der Waals surface area contributed by atoms with Crippen molar-refractivity contribution in [3.8, 4) is 0 Å². The first kappa shape index (κ1) is 24.9. The summed E-state index contributed by atoms with van der Waals surface area (Å²) in [5, 5.41) is 0. The molecule has 4 nitrogen and oxygen atoms in total. The Kier molecular flexibility index (Phi) is 18.0. The third-order valence-electron chi connectivity index (χ3n) is 4.53. The number of carbonyl (C=O) groups excluding carboxylic acids is 2. The fourth-order valence-corrected chi connectivity index (χ4v) is 2.91. The molecule has 0 unspecified atom stereocenters. The van der Waals surface area contributed by atoms with Crippen molar-refractivity contribution in [1.29, 1.82) is 0 Å². The van der Waals surface area contributed by atoms with Gasteiger partial charge in [-0.15, -0.1) is 0 Å². The molecular formula is C22H42O4. The van der Waals surface area contributed by atoms with Gasteiger partial charge in [-0.2, -0.15) is 0 Å². The first-order valence-electron chi connectivity index (χ1n) is 10.9. The van der Waals surface area contributed by atoms with Crippen molar-refractivity contribution < 1.29 is 19.1 Å². The van der Waals surface area contributed by atoms with E-state index in [0.29, 0.717) is 13.0 Å². The first-order valence-corrected chi connectivity index (χ1v) is 10.9. The van der Waals surface area contributed by atoms with E-state index in [1.807, 2.05) is 0 Å². The first-order chi connectivity index (χ1) is 12.6. The molecule has 0 radical (unpaired) electrons. The van der Waals surface area contributed by atoms with E-state index in [1.165, 1.54) is 57.8 Å². The zero-order chi connectivity index (χ0) is 19.5. The molecule has 0 saturated carbocycles. The smallest absolute Gasteiger partial charge is 0.309 e. The second kappa shape index (κ2) is 18.7. The predicted octanol–water partition coefficient (Wildman–Crippen LogP) is 6.35. The van der Waals surface area contributed by atoms with E-state index in [-0.39, 0.29) is 18.4 Å². The maximum atomic E-state index is 11.8. The Labute approximate surface area is 161 Å². The van der Waals surface area contributed by atoms with Crippen LogP contribution >= 0.6 is 0 Å². The fourth-order valence-electron chi connectivity index (χ4n) is 2.91. The van der Waals surface area contributed by atoms with Gasteiger partial charge in [-0.25, -0.2) is 0 Å². The van der Waals surface area contributed by atoms with Gasteiger partial charge in [-0.3, -0.25) is 9.59 Å². The number of hydrogen-bond donors (Lipinski definition) is 0. The van der Waals surface area contributed by atoms with Gasteiger partial charge >= 0.3 is 11.9 Å². The van der Waals surface area contributed by atoms with Crippen LogP contribution in [0, 0.1) is 0 Å². The summed E-state index contributed by atoms with van der Waals surface area (Å²) in [4.78, 5) is 23.5. The molecule has 0 heterocycles. The summed E-state index contributed by atoms with van der Waals surface area (Å²) in [7, 11) is 0. The molecule has 4 heteroatoms. The number of esters is 2. The third kappa shape index (κ3) is 17.8. The summed E-state index contributed by atoms with van der Waals surface area (Å²) in [6.07, 6.45) is 15.5. The van der Waals surface area contributed by atoms with Crippen LogP contribution in [0.4, 0.5) is 0 Å². The number of ether oxygens (including phenoxy) is 2. The Morgan fingerprint density at radius 3 is 1.77 bits per heavy atom. The van der Waals surface area contributed by atoms with E-state index >= 15 is 0 Å². The lowest BCUT2D eigenvalue weighted by Gasteiger charge is -2.13. The van der Waals surface area contributed by atoms with Crippen LogP contribution in [-0.2, 0) is 19.1 Å². The molecule has 0 rings (SSSR count). The summed E-state index contributed by atoms with van der Waals surface area (Å²) >= 11 is 0. The number of carbonyl (C=O) groups is 2. The van der Waals surface area contributed by atoms with E-state index in [9.17, 15) is 9.59 Å². The second-order valence-corrected chi connectivity index (χ2v) is 7.36. The monoisotopic (exact) mass is 370 g/mol. The van der Waals surface area contributed by atoms with Crippen LogP contribution in [0.25, 0.3) is 0 Å². The van der Waals surface area contributed by atoms with Crippen molar-refractivity contribution in [2.45, 2.75) is 123 Å². The highest BCUT2D eigenvalue weighted by Gasteiger charge is 2.14. The van der Waals surface area contributed by atoms with Crippen molar-refractivity contribution >= 4 is 11.9 Å². The van der Waals surface area contributed by atoms with E-state index in [1.54, 1.807) is 6.92 Å². The predicted molar refractivity (Wildman–Crippen MR) is 107 cm³/mol. The molecule has 0 amide bonds. The Hall–Kier alpha value is -1.06. The molecule has 1 atom stereocenters. The van der Waals surface area contributed by atoms with Crippen molar-refractivity contribution in [3.63, 3.8) is 0 Å². The van der Waals surface area contributed by atoms with Crippen molar-refractivity contribution in [2.24, 2.45) is 0 Å². The van der Waals surface area contributed by atoms with E-state index in [4.69, 9.17) is 9.47 Å². The van der Waals surface area contributed by atoms with Gasteiger partial charge in [-0.1, -0.05) is 84.5 Å². The van der Waals surface area contributed by atoms with Crippen molar-refractivity contribution in [1.82, 2.24) is 0 Å². The van der Waals surface area contributed by atoms with Crippen LogP contribution in [0.2, 0.25) is 0 Å². The number of rotatable bonds is 18. The molecular weight excluding hydrogens is 328 g/mol. The minimum atomic E-state index is -0.399. The van der Waals surface area contributed by atoms with Gasteiger partial charge in [-0.05, 0) is 19.8 Å². The van der Waals surface area contributed by atoms with Gasteiger partial charge in [0.25, 0.3) is 0 Å². The summed E-state index contributed by atoms with van der Waals surface area (Å²) in [5.41, 5.74) is 0. The second-order valence-electron chi connectivity index (χ2n) is 7.36. The lowest BCUT2D eigenvalue weighted by Crippen LogP contribution is -2.20. The van der Waals surface area contributed by atoms with Crippen LogP contribution in [-0.4, -0.2) is 24.6 Å². The molecule has 0 aliphatic heterocycles. The van der Waals surface area contributed by atoms with E-state index in [0.717, 1.165) is 25.7 Å². The maximum absolute atomic E-state index is 11.8. The van der Waals surface area contributed by atoms with Crippen molar-refractivity contribution in [2.75, 3.05) is 6.61 Å². The fraction of sp³-hybridized carbons (Fsp3) is 0.909. The molecule has 0 aromatic carbocycles. The van der Waals surface area contributed by atoms with Crippen LogP contribution in [0.1, 0.15) is 117 Å². The average molecular weight is 371 g/mol.